The van der Waals surface area contributed by atoms with Crippen LogP contribution in [0.4, 0.5) is 5.13 Å². The summed E-state index contributed by atoms with van der Waals surface area (Å²) >= 11 is 1.56. The number of benzene rings is 2. The highest BCUT2D eigenvalue weighted by Gasteiger charge is 2.22. The zero-order chi connectivity index (χ0) is 21.0. The third kappa shape index (κ3) is 4.64. The number of hydrogen-bond donors (Lipinski definition) is 0. The number of aromatic nitrogens is 1. The fourth-order valence-electron chi connectivity index (χ4n) is 3.39. The van der Waals surface area contributed by atoms with Crippen LogP contribution in [0.25, 0.3) is 10.2 Å². The second kappa shape index (κ2) is 9.17. The van der Waals surface area contributed by atoms with Gasteiger partial charge in [0.25, 0.3) is 5.91 Å². The zero-order valence-electron chi connectivity index (χ0n) is 17.4. The lowest BCUT2D eigenvalue weighted by Crippen LogP contribution is -2.38. The molecule has 3 aromatic rings. The number of hydrogen-bond acceptors (Lipinski definition) is 5. The molecule has 0 aliphatic carbocycles. The van der Waals surface area contributed by atoms with Crippen LogP contribution < -0.4 is 4.90 Å². The van der Waals surface area contributed by atoms with E-state index in [2.05, 4.69) is 50.8 Å². The maximum absolute atomic E-state index is 13.4. The number of likely N-dealkylation sites (N-methyl/N-ethyl adjacent to an activating group) is 1. The molecule has 0 fully saturated rings. The fourth-order valence-corrected chi connectivity index (χ4v) is 4.43. The van der Waals surface area contributed by atoms with Gasteiger partial charge in [-0.1, -0.05) is 31.3 Å². The Labute approximate surface area is 176 Å². The van der Waals surface area contributed by atoms with Crippen LogP contribution in [-0.2, 0) is 0 Å². The minimum Gasteiger partial charge on any atom is -0.302 e. The quantitative estimate of drug-likeness (QED) is 0.567. The summed E-state index contributed by atoms with van der Waals surface area (Å²) < 4.78 is 1.12. The molecular weight excluding hydrogens is 380 g/mol. The van der Waals surface area contributed by atoms with Gasteiger partial charge in [0.2, 0.25) is 0 Å². The van der Waals surface area contributed by atoms with E-state index in [1.54, 1.807) is 40.5 Å². The van der Waals surface area contributed by atoms with E-state index in [4.69, 9.17) is 10.2 Å². The molecule has 0 atom stereocenters. The number of amides is 1. The number of carbonyl (C=O) groups excluding carboxylic acids is 1. The SMILES string of the molecule is CCN(CC)CCN(C(=O)c1ccc(C#N)cc1)c1nc2cc(C)cc(C)c2s1. The molecule has 1 amide bonds. The maximum Gasteiger partial charge on any atom is 0.260 e. The van der Waals surface area contributed by atoms with Crippen molar-refractivity contribution in [1.29, 1.82) is 5.26 Å². The molecule has 0 spiro atoms. The molecule has 0 unspecified atom stereocenters. The highest BCUT2D eigenvalue weighted by Crippen LogP contribution is 2.32. The summed E-state index contributed by atoms with van der Waals surface area (Å²) in [6.45, 7) is 11.6. The molecule has 150 valence electrons. The van der Waals surface area contributed by atoms with Gasteiger partial charge in [-0.3, -0.25) is 9.69 Å². The van der Waals surface area contributed by atoms with Gasteiger partial charge >= 0.3 is 0 Å². The number of fused-ring (bicyclic) bond motifs is 1. The van der Waals surface area contributed by atoms with Gasteiger partial charge in [0.15, 0.2) is 5.13 Å². The smallest absolute Gasteiger partial charge is 0.260 e. The van der Waals surface area contributed by atoms with E-state index in [1.807, 2.05) is 0 Å². The van der Waals surface area contributed by atoms with E-state index in [0.29, 0.717) is 17.7 Å². The van der Waals surface area contributed by atoms with Crippen molar-refractivity contribution < 1.29 is 4.79 Å². The zero-order valence-corrected chi connectivity index (χ0v) is 18.2. The molecule has 0 saturated heterocycles. The first-order valence-electron chi connectivity index (χ1n) is 9.89. The van der Waals surface area contributed by atoms with Gasteiger partial charge in [-0.25, -0.2) is 4.98 Å². The summed E-state index contributed by atoms with van der Waals surface area (Å²) in [4.78, 5) is 22.2. The van der Waals surface area contributed by atoms with Gasteiger partial charge in [-0.2, -0.15) is 5.26 Å². The fraction of sp³-hybridized carbons (Fsp3) is 0.348. The Morgan fingerprint density at radius 2 is 1.79 bits per heavy atom. The second-order valence-electron chi connectivity index (χ2n) is 7.10. The largest absolute Gasteiger partial charge is 0.302 e. The van der Waals surface area contributed by atoms with Gasteiger partial charge in [-0.05, 0) is 68.4 Å². The van der Waals surface area contributed by atoms with Crippen LogP contribution in [-0.4, -0.2) is 42.0 Å². The monoisotopic (exact) mass is 406 g/mol. The number of rotatable bonds is 7. The normalized spacial score (nSPS) is 11.0. The van der Waals surface area contributed by atoms with E-state index in [1.165, 1.54) is 11.1 Å². The first-order chi connectivity index (χ1) is 14.0. The maximum atomic E-state index is 13.4. The third-order valence-corrected chi connectivity index (χ3v) is 6.31. The average molecular weight is 407 g/mol. The Morgan fingerprint density at radius 1 is 1.10 bits per heavy atom. The number of aryl methyl sites for hydroxylation is 2. The minimum atomic E-state index is -0.0879. The van der Waals surface area contributed by atoms with Crippen molar-refractivity contribution >= 4 is 32.6 Å². The number of anilines is 1. The van der Waals surface area contributed by atoms with Gasteiger partial charge < -0.3 is 4.90 Å². The van der Waals surface area contributed by atoms with Crippen molar-refractivity contribution in [2.75, 3.05) is 31.1 Å². The summed E-state index contributed by atoms with van der Waals surface area (Å²) in [5, 5.41) is 9.74. The van der Waals surface area contributed by atoms with Crippen molar-refractivity contribution in [3.05, 3.63) is 58.7 Å². The summed E-state index contributed by atoms with van der Waals surface area (Å²) in [5.41, 5.74) is 4.39. The van der Waals surface area contributed by atoms with E-state index in [-0.39, 0.29) is 5.91 Å². The molecule has 0 N–H and O–H groups in total. The standard InChI is InChI=1S/C23H26N4OS/c1-5-26(6-2)11-12-27(22(28)19-9-7-18(15-24)8-10-19)23-25-20-14-16(3)13-17(4)21(20)29-23/h7-10,13-14H,5-6,11-12H2,1-4H3. The summed E-state index contributed by atoms with van der Waals surface area (Å²) in [7, 11) is 0. The van der Waals surface area contributed by atoms with Crippen molar-refractivity contribution in [2.45, 2.75) is 27.7 Å². The summed E-state index contributed by atoms with van der Waals surface area (Å²) in [5.74, 6) is -0.0879. The molecular formula is C23H26N4OS. The second-order valence-corrected chi connectivity index (χ2v) is 8.08. The molecule has 3 rings (SSSR count). The van der Waals surface area contributed by atoms with Crippen LogP contribution in [0.5, 0.6) is 0 Å². The first kappa shape index (κ1) is 21.0. The molecule has 0 aliphatic rings. The van der Waals surface area contributed by atoms with Crippen LogP contribution in [0.1, 0.15) is 40.9 Å². The molecule has 0 saturated carbocycles. The highest BCUT2D eigenvalue weighted by molar-refractivity contribution is 7.22. The van der Waals surface area contributed by atoms with Crippen molar-refractivity contribution in [2.24, 2.45) is 0 Å². The Balaban J connectivity index is 1.99. The number of nitrogens with zero attached hydrogens (tertiary/aromatic N) is 4. The predicted molar refractivity (Wildman–Crippen MR) is 120 cm³/mol. The molecule has 0 bridgehead atoms. The summed E-state index contributed by atoms with van der Waals surface area (Å²) in [6.07, 6.45) is 0. The van der Waals surface area contributed by atoms with Gasteiger partial charge in [0, 0.05) is 18.7 Å². The third-order valence-electron chi connectivity index (χ3n) is 5.08. The number of nitriles is 1. The average Bonchev–Trinajstić information content (AvgIpc) is 3.15. The molecule has 1 aromatic heterocycles. The molecule has 5 nitrogen and oxygen atoms in total. The molecule has 1 heterocycles. The number of carbonyl (C=O) groups is 1. The number of thiazole rings is 1. The van der Waals surface area contributed by atoms with Crippen molar-refractivity contribution in [1.82, 2.24) is 9.88 Å². The molecule has 29 heavy (non-hydrogen) atoms. The van der Waals surface area contributed by atoms with Crippen LogP contribution in [0.2, 0.25) is 0 Å². The van der Waals surface area contributed by atoms with E-state index in [0.717, 1.165) is 35.0 Å². The van der Waals surface area contributed by atoms with Crippen LogP contribution >= 0.6 is 11.3 Å². The minimum absolute atomic E-state index is 0.0879. The molecule has 6 heteroatoms. The van der Waals surface area contributed by atoms with Gasteiger partial charge in [0.1, 0.15) is 0 Å². The lowest BCUT2D eigenvalue weighted by atomic mass is 10.1. The lowest BCUT2D eigenvalue weighted by Gasteiger charge is -2.24. The Morgan fingerprint density at radius 3 is 2.41 bits per heavy atom. The van der Waals surface area contributed by atoms with E-state index < -0.39 is 0 Å². The Bertz CT molecular complexity index is 1050. The summed E-state index contributed by atoms with van der Waals surface area (Å²) in [6, 6.07) is 13.1. The molecule has 2 aromatic carbocycles. The lowest BCUT2D eigenvalue weighted by molar-refractivity contribution is 0.0984. The van der Waals surface area contributed by atoms with Crippen LogP contribution in [0.15, 0.2) is 36.4 Å². The van der Waals surface area contributed by atoms with E-state index >= 15 is 0 Å². The van der Waals surface area contributed by atoms with Crippen molar-refractivity contribution in [3.63, 3.8) is 0 Å². The van der Waals surface area contributed by atoms with Crippen LogP contribution in [0.3, 0.4) is 0 Å². The Hall–Kier alpha value is -2.75. The van der Waals surface area contributed by atoms with Gasteiger partial charge in [-0.15, -0.1) is 0 Å². The van der Waals surface area contributed by atoms with Crippen molar-refractivity contribution in [3.8, 4) is 6.07 Å². The van der Waals surface area contributed by atoms with E-state index in [9.17, 15) is 4.79 Å². The molecule has 0 radical (unpaired) electrons. The molecule has 0 aliphatic heterocycles. The van der Waals surface area contributed by atoms with Crippen LogP contribution in [0, 0.1) is 25.2 Å². The predicted octanol–water partition coefficient (Wildman–Crippen LogP) is 4.77. The highest BCUT2D eigenvalue weighted by atomic mass is 32.1. The Kier molecular flexibility index (Phi) is 6.63. The van der Waals surface area contributed by atoms with Gasteiger partial charge in [0.05, 0.1) is 21.8 Å². The first-order valence-corrected chi connectivity index (χ1v) is 10.7. The topological polar surface area (TPSA) is 60.2 Å².